The number of aliphatic carboxylic acids is 1. The molecule has 0 rings (SSSR count). The minimum absolute atomic E-state index is 0.0259. The van der Waals surface area contributed by atoms with Crippen LogP contribution in [0.15, 0.2) is 0 Å². The third-order valence-electron chi connectivity index (χ3n) is 1.74. The van der Waals surface area contributed by atoms with Gasteiger partial charge in [-0.25, -0.2) is 0 Å². The zero-order chi connectivity index (χ0) is 10.3. The quantitative estimate of drug-likeness (QED) is 0.650. The number of hydrogen-bond donors (Lipinski definition) is 2. The lowest BCUT2D eigenvalue weighted by atomic mass is 9.96. The number of amides is 1. The first-order chi connectivity index (χ1) is 6.10. The van der Waals surface area contributed by atoms with Gasteiger partial charge in [-0.3, -0.25) is 14.4 Å². The Balaban J connectivity index is 3.93. The SMILES string of the molecule is CCC[C@H](CC(=O)O)CC(=O)NCl. The summed E-state index contributed by atoms with van der Waals surface area (Å²) < 4.78 is 0. The fourth-order valence-corrected chi connectivity index (χ4v) is 1.31. The highest BCUT2D eigenvalue weighted by atomic mass is 35.5. The zero-order valence-corrected chi connectivity index (χ0v) is 8.30. The average molecular weight is 208 g/mol. The highest BCUT2D eigenvalue weighted by molar-refractivity contribution is 6.21. The van der Waals surface area contributed by atoms with Crippen LogP contribution in [0.3, 0.4) is 0 Å². The molecule has 2 N–H and O–H groups in total. The Bertz CT molecular complexity index is 184. The summed E-state index contributed by atoms with van der Waals surface area (Å²) in [6.45, 7) is 1.95. The Labute approximate surface area is 82.4 Å². The summed E-state index contributed by atoms with van der Waals surface area (Å²) >= 11 is 5.09. The van der Waals surface area contributed by atoms with Gasteiger partial charge in [0.2, 0.25) is 5.91 Å². The lowest BCUT2D eigenvalue weighted by Gasteiger charge is -2.11. The molecule has 0 aliphatic carbocycles. The Morgan fingerprint density at radius 2 is 2.08 bits per heavy atom. The molecule has 0 saturated heterocycles. The van der Waals surface area contributed by atoms with E-state index < -0.39 is 5.97 Å². The van der Waals surface area contributed by atoms with Crippen molar-refractivity contribution in [2.24, 2.45) is 5.92 Å². The van der Waals surface area contributed by atoms with Crippen LogP contribution < -0.4 is 4.84 Å². The summed E-state index contributed by atoms with van der Waals surface area (Å²) in [5.41, 5.74) is 0. The standard InChI is InChI=1S/C8H14ClNO3/c1-2-3-6(5-8(12)13)4-7(11)10-9/h6H,2-5H2,1H3,(H,10,11)(H,12,13)/t6-/m0/s1. The number of carboxylic acids is 1. The van der Waals surface area contributed by atoms with Gasteiger partial charge in [0, 0.05) is 24.6 Å². The second kappa shape index (κ2) is 6.71. The molecule has 5 heteroatoms. The first kappa shape index (κ1) is 12.2. The van der Waals surface area contributed by atoms with Crippen molar-refractivity contribution in [1.29, 1.82) is 0 Å². The monoisotopic (exact) mass is 207 g/mol. The number of rotatable bonds is 6. The van der Waals surface area contributed by atoms with Gasteiger partial charge in [-0.15, -0.1) is 0 Å². The van der Waals surface area contributed by atoms with Gasteiger partial charge in [-0.05, 0) is 12.3 Å². The molecule has 0 bridgehead atoms. The van der Waals surface area contributed by atoms with Gasteiger partial charge in [-0.1, -0.05) is 13.3 Å². The van der Waals surface area contributed by atoms with Crippen LogP contribution in [0.4, 0.5) is 0 Å². The van der Waals surface area contributed by atoms with Gasteiger partial charge in [0.25, 0.3) is 0 Å². The van der Waals surface area contributed by atoms with Crippen molar-refractivity contribution >= 4 is 23.7 Å². The smallest absolute Gasteiger partial charge is 0.303 e. The van der Waals surface area contributed by atoms with Crippen LogP contribution in [0.1, 0.15) is 32.6 Å². The molecular formula is C8H14ClNO3. The topological polar surface area (TPSA) is 66.4 Å². The van der Waals surface area contributed by atoms with Gasteiger partial charge in [0.15, 0.2) is 0 Å². The maximum absolute atomic E-state index is 10.8. The van der Waals surface area contributed by atoms with Crippen LogP contribution in [0.2, 0.25) is 0 Å². The molecule has 1 amide bonds. The van der Waals surface area contributed by atoms with Gasteiger partial charge < -0.3 is 5.11 Å². The highest BCUT2D eigenvalue weighted by Crippen LogP contribution is 2.15. The molecule has 0 radical (unpaired) electrons. The van der Waals surface area contributed by atoms with Crippen molar-refractivity contribution in [3.05, 3.63) is 0 Å². The third-order valence-corrected chi connectivity index (χ3v) is 1.95. The molecular weight excluding hydrogens is 194 g/mol. The summed E-state index contributed by atoms with van der Waals surface area (Å²) in [6, 6.07) is 0. The molecule has 0 aromatic heterocycles. The van der Waals surface area contributed by atoms with E-state index >= 15 is 0 Å². The maximum Gasteiger partial charge on any atom is 0.303 e. The van der Waals surface area contributed by atoms with Crippen LogP contribution in [-0.4, -0.2) is 17.0 Å². The minimum Gasteiger partial charge on any atom is -0.481 e. The molecule has 4 nitrogen and oxygen atoms in total. The van der Waals surface area contributed by atoms with E-state index in [9.17, 15) is 9.59 Å². The maximum atomic E-state index is 10.8. The fourth-order valence-electron chi connectivity index (χ4n) is 1.23. The molecule has 13 heavy (non-hydrogen) atoms. The number of halogens is 1. The molecule has 0 spiro atoms. The molecule has 76 valence electrons. The van der Waals surface area contributed by atoms with Crippen LogP contribution in [0.5, 0.6) is 0 Å². The van der Waals surface area contributed by atoms with E-state index in [4.69, 9.17) is 16.9 Å². The van der Waals surface area contributed by atoms with Crippen LogP contribution >= 0.6 is 11.8 Å². The normalized spacial score (nSPS) is 12.2. The highest BCUT2D eigenvalue weighted by Gasteiger charge is 2.15. The molecule has 0 aromatic rings. The van der Waals surface area contributed by atoms with Crippen molar-refractivity contribution in [1.82, 2.24) is 4.84 Å². The summed E-state index contributed by atoms with van der Waals surface area (Å²) in [7, 11) is 0. The number of nitrogens with one attached hydrogen (secondary N) is 1. The fraction of sp³-hybridized carbons (Fsp3) is 0.750. The molecule has 0 aliphatic rings. The molecule has 0 fully saturated rings. The Morgan fingerprint density at radius 1 is 1.46 bits per heavy atom. The van der Waals surface area contributed by atoms with Gasteiger partial charge in [0.05, 0.1) is 0 Å². The van der Waals surface area contributed by atoms with E-state index in [1.54, 1.807) is 0 Å². The number of carboxylic acid groups (broad SMARTS) is 1. The predicted molar refractivity (Wildman–Crippen MR) is 49.3 cm³/mol. The van der Waals surface area contributed by atoms with E-state index in [1.807, 2.05) is 11.8 Å². The van der Waals surface area contributed by atoms with E-state index in [2.05, 4.69) is 0 Å². The Kier molecular flexibility index (Phi) is 6.32. The summed E-state index contributed by atoms with van der Waals surface area (Å²) in [6.07, 6.45) is 1.81. The Hall–Kier alpha value is -0.770. The van der Waals surface area contributed by atoms with Crippen LogP contribution in [0.25, 0.3) is 0 Å². The van der Waals surface area contributed by atoms with Crippen LogP contribution in [0, 0.1) is 5.92 Å². The zero-order valence-electron chi connectivity index (χ0n) is 7.55. The molecule has 0 heterocycles. The van der Waals surface area contributed by atoms with Crippen molar-refractivity contribution in [2.45, 2.75) is 32.6 Å². The second-order valence-electron chi connectivity index (χ2n) is 2.97. The van der Waals surface area contributed by atoms with Crippen molar-refractivity contribution in [3.63, 3.8) is 0 Å². The predicted octanol–water partition coefficient (Wildman–Crippen LogP) is 1.54. The number of carbonyl (C=O) groups is 2. The molecule has 0 aromatic carbocycles. The Morgan fingerprint density at radius 3 is 2.46 bits per heavy atom. The lowest BCUT2D eigenvalue weighted by molar-refractivity contribution is -0.138. The minimum atomic E-state index is -0.874. The lowest BCUT2D eigenvalue weighted by Crippen LogP contribution is -2.19. The van der Waals surface area contributed by atoms with Crippen molar-refractivity contribution < 1.29 is 14.7 Å². The number of carbonyl (C=O) groups excluding carboxylic acids is 1. The van der Waals surface area contributed by atoms with E-state index in [-0.39, 0.29) is 24.7 Å². The molecule has 0 saturated carbocycles. The molecule has 0 unspecified atom stereocenters. The van der Waals surface area contributed by atoms with Gasteiger partial charge in [0.1, 0.15) is 0 Å². The van der Waals surface area contributed by atoms with Gasteiger partial charge in [-0.2, -0.15) is 0 Å². The number of hydrogen-bond acceptors (Lipinski definition) is 2. The van der Waals surface area contributed by atoms with Crippen molar-refractivity contribution in [3.8, 4) is 0 Å². The molecule has 1 atom stereocenters. The molecule has 0 aliphatic heterocycles. The third kappa shape index (κ3) is 6.40. The van der Waals surface area contributed by atoms with Crippen molar-refractivity contribution in [2.75, 3.05) is 0 Å². The first-order valence-corrected chi connectivity index (χ1v) is 4.59. The van der Waals surface area contributed by atoms with E-state index in [0.717, 1.165) is 12.8 Å². The first-order valence-electron chi connectivity index (χ1n) is 4.21. The largest absolute Gasteiger partial charge is 0.481 e. The summed E-state index contributed by atoms with van der Waals surface area (Å²) in [4.78, 5) is 23.2. The van der Waals surface area contributed by atoms with Crippen LogP contribution in [-0.2, 0) is 9.59 Å². The summed E-state index contributed by atoms with van der Waals surface area (Å²) in [5.74, 6) is -1.30. The average Bonchev–Trinajstić information content (AvgIpc) is 2.03. The van der Waals surface area contributed by atoms with E-state index in [0.29, 0.717) is 0 Å². The second-order valence-corrected chi connectivity index (χ2v) is 3.16. The summed E-state index contributed by atoms with van der Waals surface area (Å²) in [5, 5.41) is 8.53. The van der Waals surface area contributed by atoms with Gasteiger partial charge >= 0.3 is 5.97 Å². The van der Waals surface area contributed by atoms with E-state index in [1.165, 1.54) is 0 Å².